The molecule has 5 heteroatoms. The molecule has 100 valence electrons. The number of nitrogens with one attached hydrogen (secondary N) is 1. The van der Waals surface area contributed by atoms with Crippen LogP contribution < -0.4 is 5.32 Å². The Morgan fingerprint density at radius 2 is 2.05 bits per heavy atom. The van der Waals surface area contributed by atoms with Gasteiger partial charge in [-0.15, -0.1) is 5.10 Å². The molecule has 1 aliphatic heterocycles. The van der Waals surface area contributed by atoms with Crippen molar-refractivity contribution in [3.05, 3.63) is 47.3 Å². The molecule has 1 N–H and O–H groups in total. The van der Waals surface area contributed by atoms with Crippen LogP contribution in [0.15, 0.2) is 30.5 Å². The van der Waals surface area contributed by atoms with E-state index in [0.29, 0.717) is 5.78 Å². The van der Waals surface area contributed by atoms with Crippen molar-refractivity contribution < 1.29 is 0 Å². The molecule has 0 aliphatic carbocycles. The zero-order valence-electron chi connectivity index (χ0n) is 11.3. The Balaban J connectivity index is 1.88. The fourth-order valence-corrected chi connectivity index (χ4v) is 2.58. The first-order chi connectivity index (χ1) is 9.81. The molecule has 0 saturated carbocycles. The third-order valence-electron chi connectivity index (χ3n) is 3.72. The van der Waals surface area contributed by atoms with E-state index < -0.39 is 0 Å². The Hall–Kier alpha value is -2.27. The van der Waals surface area contributed by atoms with Crippen LogP contribution in [0.3, 0.4) is 0 Å². The van der Waals surface area contributed by atoms with Crippen LogP contribution in [0.2, 0.25) is 0 Å². The number of fused-ring (bicyclic) bond motifs is 3. The van der Waals surface area contributed by atoms with Crippen molar-refractivity contribution in [3.8, 4) is 11.4 Å². The second kappa shape index (κ2) is 4.38. The standard InChI is InChI=1S/C15H15N5/c1-10-2-4-11(5-3-10)14-18-15-17-9-12-8-16-7-6-13(12)20(15)19-14/h2-5,9,16H,6-8H2,1H3. The summed E-state index contributed by atoms with van der Waals surface area (Å²) in [5, 5.41) is 7.99. The van der Waals surface area contributed by atoms with Crippen LogP contribution in [0.5, 0.6) is 0 Å². The minimum absolute atomic E-state index is 0.682. The molecular weight excluding hydrogens is 250 g/mol. The molecule has 1 aliphatic rings. The summed E-state index contributed by atoms with van der Waals surface area (Å²) < 4.78 is 1.89. The van der Waals surface area contributed by atoms with E-state index in [-0.39, 0.29) is 0 Å². The second-order valence-electron chi connectivity index (χ2n) is 5.17. The van der Waals surface area contributed by atoms with Crippen molar-refractivity contribution in [3.63, 3.8) is 0 Å². The number of rotatable bonds is 1. The normalized spacial score (nSPS) is 14.4. The lowest BCUT2D eigenvalue weighted by atomic mass is 10.1. The summed E-state index contributed by atoms with van der Waals surface area (Å²) in [6, 6.07) is 8.26. The molecule has 0 unspecified atom stereocenters. The van der Waals surface area contributed by atoms with Gasteiger partial charge in [0, 0.05) is 36.8 Å². The SMILES string of the molecule is Cc1ccc(-c2nc3ncc4c(n3n2)CCNC4)cc1. The molecule has 3 heterocycles. The molecule has 3 aromatic rings. The highest BCUT2D eigenvalue weighted by Gasteiger charge is 2.16. The molecule has 0 atom stereocenters. The fourth-order valence-electron chi connectivity index (χ4n) is 2.58. The zero-order chi connectivity index (χ0) is 13.5. The smallest absolute Gasteiger partial charge is 0.252 e. The van der Waals surface area contributed by atoms with Gasteiger partial charge in [-0.25, -0.2) is 9.50 Å². The van der Waals surface area contributed by atoms with Gasteiger partial charge in [-0.3, -0.25) is 0 Å². The van der Waals surface area contributed by atoms with Crippen LogP contribution >= 0.6 is 0 Å². The van der Waals surface area contributed by atoms with Crippen molar-refractivity contribution in [1.29, 1.82) is 0 Å². The first-order valence-corrected chi connectivity index (χ1v) is 6.82. The number of hydrogen-bond acceptors (Lipinski definition) is 4. The van der Waals surface area contributed by atoms with Crippen LogP contribution in [0.4, 0.5) is 0 Å². The van der Waals surface area contributed by atoms with Crippen molar-refractivity contribution in [2.24, 2.45) is 0 Å². The highest BCUT2D eigenvalue weighted by atomic mass is 15.3. The Bertz CT molecular complexity index is 773. The predicted octanol–water partition coefficient (Wildman–Crippen LogP) is 1.75. The topological polar surface area (TPSA) is 55.1 Å². The van der Waals surface area contributed by atoms with Gasteiger partial charge in [-0.1, -0.05) is 29.8 Å². The predicted molar refractivity (Wildman–Crippen MR) is 76.4 cm³/mol. The van der Waals surface area contributed by atoms with E-state index in [4.69, 9.17) is 0 Å². The molecule has 2 aromatic heterocycles. The summed E-state index contributed by atoms with van der Waals surface area (Å²) in [4.78, 5) is 8.95. The highest BCUT2D eigenvalue weighted by Crippen LogP contribution is 2.19. The van der Waals surface area contributed by atoms with Gasteiger partial charge < -0.3 is 5.32 Å². The molecule has 4 rings (SSSR count). The van der Waals surface area contributed by atoms with Crippen molar-refractivity contribution in [2.75, 3.05) is 6.54 Å². The molecule has 5 nitrogen and oxygen atoms in total. The largest absolute Gasteiger partial charge is 0.312 e. The minimum Gasteiger partial charge on any atom is -0.312 e. The Kier molecular flexibility index (Phi) is 2.53. The Morgan fingerprint density at radius 3 is 2.90 bits per heavy atom. The van der Waals surface area contributed by atoms with Crippen LogP contribution in [0.25, 0.3) is 17.2 Å². The summed E-state index contributed by atoms with van der Waals surface area (Å²) >= 11 is 0. The maximum atomic E-state index is 4.64. The lowest BCUT2D eigenvalue weighted by Crippen LogP contribution is -2.26. The van der Waals surface area contributed by atoms with Crippen LogP contribution in [0.1, 0.15) is 16.8 Å². The summed E-state index contributed by atoms with van der Waals surface area (Å²) in [5.74, 6) is 1.42. The summed E-state index contributed by atoms with van der Waals surface area (Å²) in [6.45, 7) is 3.91. The van der Waals surface area contributed by atoms with Gasteiger partial charge in [-0.2, -0.15) is 4.98 Å². The molecule has 0 amide bonds. The van der Waals surface area contributed by atoms with Gasteiger partial charge >= 0.3 is 0 Å². The molecule has 1 aromatic carbocycles. The molecule has 0 bridgehead atoms. The number of nitrogens with zero attached hydrogens (tertiary/aromatic N) is 4. The fraction of sp³-hybridized carbons (Fsp3) is 0.267. The van der Waals surface area contributed by atoms with Crippen LogP contribution in [0, 0.1) is 6.92 Å². The third kappa shape index (κ3) is 1.78. The minimum atomic E-state index is 0.682. The quantitative estimate of drug-likeness (QED) is 0.728. The van der Waals surface area contributed by atoms with Gasteiger partial charge in [-0.05, 0) is 6.92 Å². The van der Waals surface area contributed by atoms with Gasteiger partial charge in [0.1, 0.15) is 0 Å². The number of hydrogen-bond donors (Lipinski definition) is 1. The average Bonchev–Trinajstić information content (AvgIpc) is 2.92. The lowest BCUT2D eigenvalue weighted by Gasteiger charge is -2.16. The Labute approximate surface area is 116 Å². The summed E-state index contributed by atoms with van der Waals surface area (Å²) in [6.07, 6.45) is 2.87. The van der Waals surface area contributed by atoms with Crippen molar-refractivity contribution >= 4 is 5.78 Å². The third-order valence-corrected chi connectivity index (χ3v) is 3.72. The van der Waals surface area contributed by atoms with Gasteiger partial charge in [0.05, 0.1) is 5.69 Å². The number of aryl methyl sites for hydroxylation is 1. The lowest BCUT2D eigenvalue weighted by molar-refractivity contribution is 0.610. The summed E-state index contributed by atoms with van der Waals surface area (Å²) in [7, 11) is 0. The van der Waals surface area contributed by atoms with E-state index >= 15 is 0 Å². The average molecular weight is 265 g/mol. The van der Waals surface area contributed by atoms with E-state index in [1.54, 1.807) is 0 Å². The van der Waals surface area contributed by atoms with E-state index in [1.807, 2.05) is 10.7 Å². The van der Waals surface area contributed by atoms with Crippen LogP contribution in [-0.2, 0) is 13.0 Å². The highest BCUT2D eigenvalue weighted by molar-refractivity contribution is 5.57. The molecule has 0 saturated heterocycles. The maximum Gasteiger partial charge on any atom is 0.252 e. The first-order valence-electron chi connectivity index (χ1n) is 6.82. The van der Waals surface area contributed by atoms with E-state index in [1.165, 1.54) is 16.8 Å². The van der Waals surface area contributed by atoms with Gasteiger partial charge in [0.2, 0.25) is 0 Å². The van der Waals surface area contributed by atoms with Crippen molar-refractivity contribution in [1.82, 2.24) is 24.9 Å². The molecule has 0 spiro atoms. The van der Waals surface area contributed by atoms with Gasteiger partial charge in [0.15, 0.2) is 5.82 Å². The molecule has 0 radical (unpaired) electrons. The molecule has 0 fully saturated rings. The first kappa shape index (κ1) is 11.5. The zero-order valence-corrected chi connectivity index (χ0v) is 11.3. The monoisotopic (exact) mass is 265 g/mol. The van der Waals surface area contributed by atoms with Crippen LogP contribution in [-0.4, -0.2) is 26.1 Å². The van der Waals surface area contributed by atoms with E-state index in [9.17, 15) is 0 Å². The number of aromatic nitrogens is 4. The van der Waals surface area contributed by atoms with E-state index in [2.05, 4.69) is 51.6 Å². The summed E-state index contributed by atoms with van der Waals surface area (Å²) in [5.41, 5.74) is 4.70. The molecule has 20 heavy (non-hydrogen) atoms. The van der Waals surface area contributed by atoms with Crippen molar-refractivity contribution in [2.45, 2.75) is 19.9 Å². The second-order valence-corrected chi connectivity index (χ2v) is 5.17. The number of benzene rings is 1. The maximum absolute atomic E-state index is 4.64. The van der Waals surface area contributed by atoms with Gasteiger partial charge in [0.25, 0.3) is 5.78 Å². The Morgan fingerprint density at radius 1 is 1.20 bits per heavy atom. The van der Waals surface area contributed by atoms with E-state index in [0.717, 1.165) is 30.9 Å². The molecular formula is C15H15N5.